The highest BCUT2D eigenvalue weighted by molar-refractivity contribution is 7.09. The van der Waals surface area contributed by atoms with Crippen molar-refractivity contribution in [1.82, 2.24) is 10.3 Å². The summed E-state index contributed by atoms with van der Waals surface area (Å²) in [6.45, 7) is 0.500. The second-order valence-electron chi connectivity index (χ2n) is 4.55. The molecule has 0 fully saturated rings. The molecule has 0 radical (unpaired) electrons. The van der Waals surface area contributed by atoms with Crippen LogP contribution in [0, 0.1) is 0 Å². The molecule has 0 saturated heterocycles. The van der Waals surface area contributed by atoms with E-state index in [-0.39, 0.29) is 23.4 Å². The summed E-state index contributed by atoms with van der Waals surface area (Å²) < 4.78 is 10.0. The first-order valence-electron chi connectivity index (χ1n) is 6.83. The number of oxazole rings is 1. The largest absolute Gasteiger partial charge is 0.459 e. The smallest absolute Gasteiger partial charge is 0.302 e. The van der Waals surface area contributed by atoms with Crippen LogP contribution in [-0.2, 0) is 6.42 Å². The Morgan fingerprint density at radius 1 is 1.17 bits per heavy atom. The van der Waals surface area contributed by atoms with Crippen LogP contribution in [-0.4, -0.2) is 23.3 Å². The van der Waals surface area contributed by atoms with E-state index in [0.717, 1.165) is 6.42 Å². The zero-order valence-electron chi connectivity index (χ0n) is 11.9. The molecule has 7 nitrogen and oxygen atoms in total. The molecule has 23 heavy (non-hydrogen) atoms. The van der Waals surface area contributed by atoms with E-state index in [0.29, 0.717) is 6.54 Å². The van der Waals surface area contributed by atoms with Gasteiger partial charge < -0.3 is 14.2 Å². The minimum absolute atomic E-state index is 0.0604. The van der Waals surface area contributed by atoms with Gasteiger partial charge in [0.25, 0.3) is 11.8 Å². The van der Waals surface area contributed by atoms with E-state index >= 15 is 0 Å². The number of nitrogens with one attached hydrogen (secondary N) is 2. The highest BCUT2D eigenvalue weighted by Gasteiger charge is 2.15. The van der Waals surface area contributed by atoms with Gasteiger partial charge in [-0.1, -0.05) is 6.07 Å². The van der Waals surface area contributed by atoms with E-state index in [1.54, 1.807) is 17.4 Å². The molecule has 8 heteroatoms. The fraction of sp³-hybridized carbons (Fsp3) is 0.133. The number of hydrogen-bond donors (Lipinski definition) is 2. The van der Waals surface area contributed by atoms with Crippen LogP contribution < -0.4 is 10.6 Å². The zero-order valence-corrected chi connectivity index (χ0v) is 12.8. The first-order chi connectivity index (χ1) is 11.2. The Kier molecular flexibility index (Phi) is 4.53. The van der Waals surface area contributed by atoms with E-state index in [9.17, 15) is 9.59 Å². The molecule has 0 aliphatic rings. The molecule has 0 atom stereocenters. The summed E-state index contributed by atoms with van der Waals surface area (Å²) in [5, 5.41) is 7.14. The van der Waals surface area contributed by atoms with Gasteiger partial charge in [-0.15, -0.1) is 11.3 Å². The van der Waals surface area contributed by atoms with Gasteiger partial charge in [0.15, 0.2) is 11.5 Å². The molecule has 0 bridgehead atoms. The van der Waals surface area contributed by atoms with Gasteiger partial charge in [-0.2, -0.15) is 4.98 Å². The fourth-order valence-electron chi connectivity index (χ4n) is 1.85. The van der Waals surface area contributed by atoms with E-state index < -0.39 is 5.91 Å². The van der Waals surface area contributed by atoms with Crippen molar-refractivity contribution in [2.75, 3.05) is 11.9 Å². The Balaban J connectivity index is 1.51. The van der Waals surface area contributed by atoms with E-state index in [4.69, 9.17) is 8.83 Å². The Morgan fingerprint density at radius 2 is 2.09 bits per heavy atom. The van der Waals surface area contributed by atoms with Crippen molar-refractivity contribution in [3.63, 3.8) is 0 Å². The van der Waals surface area contributed by atoms with Gasteiger partial charge in [0.05, 0.1) is 6.26 Å². The third-order valence-electron chi connectivity index (χ3n) is 2.94. The lowest BCUT2D eigenvalue weighted by Gasteiger charge is -2.00. The van der Waals surface area contributed by atoms with Crippen LogP contribution >= 0.6 is 11.3 Å². The molecule has 3 heterocycles. The van der Waals surface area contributed by atoms with Crippen molar-refractivity contribution in [3.05, 3.63) is 58.5 Å². The molecule has 2 amide bonds. The summed E-state index contributed by atoms with van der Waals surface area (Å²) in [7, 11) is 0. The number of carbonyl (C=O) groups excluding carboxylic acids is 2. The quantitative estimate of drug-likeness (QED) is 0.723. The molecule has 3 aromatic heterocycles. The first-order valence-corrected chi connectivity index (χ1v) is 7.71. The summed E-state index contributed by atoms with van der Waals surface area (Å²) >= 11 is 1.64. The number of anilines is 1. The molecular weight excluding hydrogens is 318 g/mol. The second-order valence-corrected chi connectivity index (χ2v) is 5.59. The van der Waals surface area contributed by atoms with Crippen LogP contribution in [0.1, 0.15) is 25.9 Å². The normalized spacial score (nSPS) is 10.4. The van der Waals surface area contributed by atoms with Gasteiger partial charge in [-0.05, 0) is 30.0 Å². The topological polar surface area (TPSA) is 97.4 Å². The van der Waals surface area contributed by atoms with Gasteiger partial charge in [-0.3, -0.25) is 14.9 Å². The predicted molar refractivity (Wildman–Crippen MR) is 83.5 cm³/mol. The van der Waals surface area contributed by atoms with Gasteiger partial charge in [-0.25, -0.2) is 0 Å². The molecule has 0 aliphatic carbocycles. The summed E-state index contributed by atoms with van der Waals surface area (Å²) in [6.07, 6.45) is 3.33. The summed E-state index contributed by atoms with van der Waals surface area (Å²) in [5.41, 5.74) is 0.103. The van der Waals surface area contributed by atoms with Crippen molar-refractivity contribution in [3.8, 4) is 0 Å². The van der Waals surface area contributed by atoms with Crippen molar-refractivity contribution in [2.24, 2.45) is 0 Å². The minimum Gasteiger partial charge on any atom is -0.459 e. The van der Waals surface area contributed by atoms with Crippen molar-refractivity contribution < 1.29 is 18.4 Å². The lowest BCUT2D eigenvalue weighted by atomic mass is 10.3. The molecule has 0 aliphatic heterocycles. The summed E-state index contributed by atoms with van der Waals surface area (Å²) in [4.78, 5) is 28.8. The van der Waals surface area contributed by atoms with Crippen molar-refractivity contribution in [2.45, 2.75) is 6.42 Å². The standard InChI is InChI=1S/C15H13N3O4S/c19-13(16-6-5-10-3-2-8-23-10)11-9-22-15(17-11)18-14(20)12-4-1-7-21-12/h1-4,7-9H,5-6H2,(H,16,19)(H,17,18,20). The number of carbonyl (C=O) groups is 2. The van der Waals surface area contributed by atoms with Crippen LogP contribution in [0.4, 0.5) is 6.01 Å². The van der Waals surface area contributed by atoms with Gasteiger partial charge in [0.2, 0.25) is 0 Å². The van der Waals surface area contributed by atoms with E-state index in [2.05, 4.69) is 15.6 Å². The Morgan fingerprint density at radius 3 is 2.83 bits per heavy atom. The van der Waals surface area contributed by atoms with E-state index in [1.807, 2.05) is 17.5 Å². The highest BCUT2D eigenvalue weighted by Crippen LogP contribution is 2.11. The molecule has 0 unspecified atom stereocenters. The van der Waals surface area contributed by atoms with Crippen LogP contribution in [0.3, 0.4) is 0 Å². The molecule has 2 N–H and O–H groups in total. The number of furan rings is 1. The Hall–Kier alpha value is -2.87. The van der Waals surface area contributed by atoms with Crippen LogP contribution in [0.2, 0.25) is 0 Å². The summed E-state index contributed by atoms with van der Waals surface area (Å²) in [6, 6.07) is 7.02. The molecule has 3 rings (SSSR count). The van der Waals surface area contributed by atoms with Crippen LogP contribution in [0.5, 0.6) is 0 Å². The number of hydrogen-bond acceptors (Lipinski definition) is 6. The van der Waals surface area contributed by atoms with Crippen molar-refractivity contribution >= 4 is 29.2 Å². The highest BCUT2D eigenvalue weighted by atomic mass is 32.1. The maximum absolute atomic E-state index is 11.9. The lowest BCUT2D eigenvalue weighted by Crippen LogP contribution is -2.25. The SMILES string of the molecule is O=C(NCCc1cccs1)c1coc(NC(=O)c2ccco2)n1. The zero-order chi connectivity index (χ0) is 16.1. The Bertz CT molecular complexity index is 778. The molecule has 0 spiro atoms. The summed E-state index contributed by atoms with van der Waals surface area (Å²) in [5.74, 6) is -0.726. The van der Waals surface area contributed by atoms with Crippen LogP contribution in [0.15, 0.2) is 51.0 Å². The molecule has 3 aromatic rings. The number of nitrogens with zero attached hydrogens (tertiary/aromatic N) is 1. The molecule has 0 saturated carbocycles. The third-order valence-corrected chi connectivity index (χ3v) is 3.88. The third kappa shape index (κ3) is 3.86. The maximum Gasteiger partial charge on any atom is 0.302 e. The average Bonchev–Trinajstić information content (AvgIpc) is 3.29. The Labute approximate surface area is 135 Å². The van der Waals surface area contributed by atoms with Gasteiger partial charge >= 0.3 is 6.01 Å². The monoisotopic (exact) mass is 331 g/mol. The number of amides is 2. The van der Waals surface area contributed by atoms with Gasteiger partial charge in [0, 0.05) is 11.4 Å². The fourth-order valence-corrected chi connectivity index (χ4v) is 2.56. The second kappa shape index (κ2) is 6.93. The van der Waals surface area contributed by atoms with Crippen LogP contribution in [0.25, 0.3) is 0 Å². The van der Waals surface area contributed by atoms with E-state index in [1.165, 1.54) is 23.5 Å². The number of thiophene rings is 1. The number of rotatable bonds is 6. The minimum atomic E-state index is -0.499. The van der Waals surface area contributed by atoms with Gasteiger partial charge in [0.1, 0.15) is 6.26 Å². The molecule has 118 valence electrons. The molecule has 0 aromatic carbocycles. The first kappa shape index (κ1) is 15.0. The molecular formula is C15H13N3O4S. The number of aromatic nitrogens is 1. The predicted octanol–water partition coefficient (Wildman–Crippen LogP) is 2.55. The lowest BCUT2D eigenvalue weighted by molar-refractivity contribution is 0.0947. The van der Waals surface area contributed by atoms with Crippen molar-refractivity contribution in [1.29, 1.82) is 0 Å². The maximum atomic E-state index is 11.9. The average molecular weight is 331 g/mol.